The van der Waals surface area contributed by atoms with E-state index in [-0.39, 0.29) is 5.41 Å². The summed E-state index contributed by atoms with van der Waals surface area (Å²) in [5.74, 6) is 0.584. The molecule has 0 fully saturated rings. The second-order valence-electron chi connectivity index (χ2n) is 5.99. The third-order valence-corrected chi connectivity index (χ3v) is 4.12. The summed E-state index contributed by atoms with van der Waals surface area (Å²) in [6.07, 6.45) is 2.71. The minimum absolute atomic E-state index is 0.0370. The van der Waals surface area contributed by atoms with Crippen molar-refractivity contribution in [1.82, 2.24) is 10.3 Å². The molecular weight excluding hydrogens is 258 g/mol. The number of nitrogens with zero attached hydrogens (tertiary/aromatic N) is 1. The topological polar surface area (TPSA) is 50.9 Å². The van der Waals surface area contributed by atoms with E-state index in [1.54, 1.807) is 6.20 Å². The first-order valence-corrected chi connectivity index (χ1v) is 7.53. The van der Waals surface area contributed by atoms with Gasteiger partial charge in [0.15, 0.2) is 0 Å². The van der Waals surface area contributed by atoms with Crippen molar-refractivity contribution in [2.24, 2.45) is 0 Å². The van der Waals surface area contributed by atoms with Gasteiger partial charge in [-0.05, 0) is 36.2 Å². The van der Waals surface area contributed by atoms with Gasteiger partial charge in [-0.15, -0.1) is 0 Å². The van der Waals surface area contributed by atoms with Gasteiger partial charge in [0.1, 0.15) is 5.82 Å². The van der Waals surface area contributed by atoms with Crippen molar-refractivity contribution in [3.05, 3.63) is 59.8 Å². The zero-order chi connectivity index (χ0) is 15.3. The molecule has 3 heteroatoms. The van der Waals surface area contributed by atoms with Crippen molar-refractivity contribution in [3.63, 3.8) is 0 Å². The summed E-state index contributed by atoms with van der Waals surface area (Å²) < 4.78 is 0. The predicted molar refractivity (Wildman–Crippen MR) is 89.3 cm³/mol. The number of hydrogen-bond donors (Lipinski definition) is 2. The maximum atomic E-state index is 5.80. The molecule has 3 N–H and O–H groups in total. The highest BCUT2D eigenvalue weighted by atomic mass is 14.9. The Morgan fingerprint density at radius 3 is 2.52 bits per heavy atom. The second-order valence-corrected chi connectivity index (χ2v) is 5.99. The molecule has 2 aromatic rings. The molecule has 3 nitrogen and oxygen atoms in total. The van der Waals surface area contributed by atoms with E-state index in [1.807, 2.05) is 12.1 Å². The Morgan fingerprint density at radius 1 is 1.19 bits per heavy atom. The zero-order valence-electron chi connectivity index (χ0n) is 13.1. The van der Waals surface area contributed by atoms with Gasteiger partial charge in [-0.1, -0.05) is 51.1 Å². The Bertz CT molecular complexity index is 564. The molecule has 0 bridgehead atoms. The first-order chi connectivity index (χ1) is 10.0. The van der Waals surface area contributed by atoms with Crippen molar-refractivity contribution >= 4 is 5.82 Å². The second kappa shape index (κ2) is 6.72. The van der Waals surface area contributed by atoms with Crippen molar-refractivity contribution in [3.8, 4) is 0 Å². The molecule has 0 aliphatic carbocycles. The molecule has 112 valence electrons. The Kier molecular flexibility index (Phi) is 4.97. The van der Waals surface area contributed by atoms with Gasteiger partial charge in [0, 0.05) is 17.7 Å². The predicted octanol–water partition coefficient (Wildman–Crippen LogP) is 3.16. The summed E-state index contributed by atoms with van der Waals surface area (Å²) in [6.45, 7) is 7.68. The molecule has 0 aliphatic heterocycles. The summed E-state index contributed by atoms with van der Waals surface area (Å²) in [5, 5.41) is 3.63. The molecule has 0 saturated heterocycles. The minimum Gasteiger partial charge on any atom is -0.384 e. The fourth-order valence-corrected chi connectivity index (χ4v) is 2.75. The lowest BCUT2D eigenvalue weighted by atomic mass is 9.75. The zero-order valence-corrected chi connectivity index (χ0v) is 13.1. The standard InChI is InChI=1S/C18H25N3/c1-4-20-16(12-14-10-11-21-17(19)13-14)18(2,3)15-8-6-5-7-9-15/h5-11,13,16,20H,4,12H2,1-3H3,(H2,19,21). The van der Waals surface area contributed by atoms with Gasteiger partial charge in [0.05, 0.1) is 0 Å². The number of nitrogens with one attached hydrogen (secondary N) is 1. The van der Waals surface area contributed by atoms with Gasteiger partial charge in [0.2, 0.25) is 0 Å². The van der Waals surface area contributed by atoms with E-state index in [2.05, 4.69) is 61.4 Å². The van der Waals surface area contributed by atoms with E-state index < -0.39 is 0 Å². The van der Waals surface area contributed by atoms with E-state index in [0.717, 1.165) is 13.0 Å². The molecule has 0 spiro atoms. The quantitative estimate of drug-likeness (QED) is 0.856. The number of likely N-dealkylation sites (N-methyl/N-ethyl adjacent to an activating group) is 1. The average Bonchev–Trinajstić information content (AvgIpc) is 2.48. The average molecular weight is 283 g/mol. The van der Waals surface area contributed by atoms with Crippen LogP contribution in [0.5, 0.6) is 0 Å². The van der Waals surface area contributed by atoms with Gasteiger partial charge in [-0.3, -0.25) is 0 Å². The van der Waals surface area contributed by atoms with Crippen LogP contribution in [0.1, 0.15) is 31.9 Å². The molecule has 2 rings (SSSR count). The van der Waals surface area contributed by atoms with Crippen LogP contribution in [0.25, 0.3) is 0 Å². The highest BCUT2D eigenvalue weighted by molar-refractivity contribution is 5.33. The van der Waals surface area contributed by atoms with Crippen LogP contribution in [-0.2, 0) is 11.8 Å². The van der Waals surface area contributed by atoms with Gasteiger partial charge in [-0.2, -0.15) is 0 Å². The molecule has 0 radical (unpaired) electrons. The third kappa shape index (κ3) is 3.82. The number of rotatable bonds is 6. The summed E-state index contributed by atoms with van der Waals surface area (Å²) in [6, 6.07) is 15.0. The van der Waals surface area contributed by atoms with E-state index in [0.29, 0.717) is 11.9 Å². The number of nitrogens with two attached hydrogens (primary N) is 1. The van der Waals surface area contributed by atoms with Crippen LogP contribution < -0.4 is 11.1 Å². The number of aromatic nitrogens is 1. The fourth-order valence-electron chi connectivity index (χ4n) is 2.75. The Labute approximate surface area is 127 Å². The van der Waals surface area contributed by atoms with Gasteiger partial charge < -0.3 is 11.1 Å². The number of pyridine rings is 1. The lowest BCUT2D eigenvalue weighted by Gasteiger charge is -2.36. The van der Waals surface area contributed by atoms with E-state index in [1.165, 1.54) is 11.1 Å². The molecule has 1 aromatic heterocycles. The monoisotopic (exact) mass is 283 g/mol. The highest BCUT2D eigenvalue weighted by Gasteiger charge is 2.30. The molecule has 0 saturated carbocycles. The lowest BCUT2D eigenvalue weighted by molar-refractivity contribution is 0.343. The van der Waals surface area contributed by atoms with Gasteiger partial charge in [-0.25, -0.2) is 4.98 Å². The normalized spacial score (nSPS) is 13.1. The number of nitrogen functional groups attached to an aromatic ring is 1. The van der Waals surface area contributed by atoms with E-state index in [4.69, 9.17) is 5.73 Å². The van der Waals surface area contributed by atoms with Crippen LogP contribution in [0, 0.1) is 0 Å². The number of anilines is 1. The number of hydrogen-bond acceptors (Lipinski definition) is 3. The SMILES string of the molecule is CCNC(Cc1ccnc(N)c1)C(C)(C)c1ccccc1. The Morgan fingerprint density at radius 2 is 1.90 bits per heavy atom. The van der Waals surface area contributed by atoms with Crippen molar-refractivity contribution in [2.75, 3.05) is 12.3 Å². The molecule has 1 atom stereocenters. The summed E-state index contributed by atoms with van der Waals surface area (Å²) in [7, 11) is 0. The molecule has 0 aliphatic rings. The summed E-state index contributed by atoms with van der Waals surface area (Å²) >= 11 is 0. The first kappa shape index (κ1) is 15.5. The van der Waals surface area contributed by atoms with E-state index >= 15 is 0 Å². The summed E-state index contributed by atoms with van der Waals surface area (Å²) in [5.41, 5.74) is 8.40. The Balaban J connectivity index is 2.25. The first-order valence-electron chi connectivity index (χ1n) is 7.53. The molecular formula is C18H25N3. The molecule has 0 amide bonds. The van der Waals surface area contributed by atoms with Crippen LogP contribution in [-0.4, -0.2) is 17.6 Å². The van der Waals surface area contributed by atoms with E-state index in [9.17, 15) is 0 Å². The van der Waals surface area contributed by atoms with Crippen molar-refractivity contribution in [2.45, 2.75) is 38.6 Å². The lowest BCUT2D eigenvalue weighted by Crippen LogP contribution is -2.46. The van der Waals surface area contributed by atoms with Gasteiger partial charge >= 0.3 is 0 Å². The van der Waals surface area contributed by atoms with Crippen molar-refractivity contribution in [1.29, 1.82) is 0 Å². The van der Waals surface area contributed by atoms with Crippen LogP contribution in [0.15, 0.2) is 48.7 Å². The fraction of sp³-hybridized carbons (Fsp3) is 0.389. The van der Waals surface area contributed by atoms with Crippen LogP contribution in [0.2, 0.25) is 0 Å². The maximum absolute atomic E-state index is 5.80. The largest absolute Gasteiger partial charge is 0.384 e. The maximum Gasteiger partial charge on any atom is 0.123 e. The molecule has 1 aromatic carbocycles. The minimum atomic E-state index is 0.0370. The molecule has 21 heavy (non-hydrogen) atoms. The third-order valence-electron chi connectivity index (χ3n) is 4.12. The van der Waals surface area contributed by atoms with Crippen molar-refractivity contribution < 1.29 is 0 Å². The summed E-state index contributed by atoms with van der Waals surface area (Å²) in [4.78, 5) is 4.07. The van der Waals surface area contributed by atoms with Crippen LogP contribution in [0.3, 0.4) is 0 Å². The van der Waals surface area contributed by atoms with Gasteiger partial charge in [0.25, 0.3) is 0 Å². The van der Waals surface area contributed by atoms with Crippen LogP contribution in [0.4, 0.5) is 5.82 Å². The number of benzene rings is 1. The molecule has 1 unspecified atom stereocenters. The molecule has 1 heterocycles. The van der Waals surface area contributed by atoms with Crippen LogP contribution >= 0.6 is 0 Å². The smallest absolute Gasteiger partial charge is 0.123 e. The Hall–Kier alpha value is -1.87. The highest BCUT2D eigenvalue weighted by Crippen LogP contribution is 2.29.